The summed E-state index contributed by atoms with van der Waals surface area (Å²) in [5.74, 6) is -0.160. The number of rotatable bonds is 6. The van der Waals surface area contributed by atoms with Crippen molar-refractivity contribution in [2.75, 3.05) is 18.2 Å². The SMILES string of the molecule is CSc1ccccc1NC(=O)COC(=O)c1c2c(nc3ccccc13)/C(=C\c1ccco1)CCC2. The van der Waals surface area contributed by atoms with E-state index in [1.54, 1.807) is 6.26 Å². The number of nitrogens with zero attached hydrogens (tertiary/aromatic N) is 1. The van der Waals surface area contributed by atoms with E-state index in [1.165, 1.54) is 11.8 Å². The smallest absolute Gasteiger partial charge is 0.339 e. The summed E-state index contributed by atoms with van der Waals surface area (Å²) in [5, 5.41) is 3.56. The lowest BCUT2D eigenvalue weighted by atomic mass is 9.86. The molecule has 0 radical (unpaired) electrons. The maximum Gasteiger partial charge on any atom is 0.339 e. The number of aromatic nitrogens is 1. The monoisotopic (exact) mass is 484 g/mol. The van der Waals surface area contributed by atoms with Gasteiger partial charge in [0.25, 0.3) is 5.91 Å². The highest BCUT2D eigenvalue weighted by molar-refractivity contribution is 7.98. The third kappa shape index (κ3) is 4.86. The maximum absolute atomic E-state index is 13.4. The molecular weight excluding hydrogens is 460 g/mol. The summed E-state index contributed by atoms with van der Waals surface area (Å²) in [4.78, 5) is 31.8. The number of carbonyl (C=O) groups excluding carboxylic acids is 2. The molecule has 1 amide bonds. The number of thioether (sulfide) groups is 1. The van der Waals surface area contributed by atoms with Gasteiger partial charge in [-0.3, -0.25) is 4.79 Å². The van der Waals surface area contributed by atoms with Crippen LogP contribution in [-0.4, -0.2) is 29.7 Å². The number of hydrogen-bond acceptors (Lipinski definition) is 6. The molecule has 0 saturated carbocycles. The fourth-order valence-electron chi connectivity index (χ4n) is 4.39. The van der Waals surface area contributed by atoms with Crippen molar-refractivity contribution in [3.8, 4) is 0 Å². The second-order valence-electron chi connectivity index (χ2n) is 8.19. The van der Waals surface area contributed by atoms with E-state index in [9.17, 15) is 9.59 Å². The van der Waals surface area contributed by atoms with Crippen LogP contribution in [0, 0.1) is 0 Å². The van der Waals surface area contributed by atoms with Crippen molar-refractivity contribution in [3.05, 3.63) is 89.5 Å². The van der Waals surface area contributed by atoms with Gasteiger partial charge in [0.15, 0.2) is 6.61 Å². The number of fused-ring (bicyclic) bond motifs is 2. The summed E-state index contributed by atoms with van der Waals surface area (Å²) in [7, 11) is 0. The van der Waals surface area contributed by atoms with Crippen LogP contribution in [0.15, 0.2) is 76.2 Å². The molecule has 0 saturated heterocycles. The number of pyridine rings is 1. The van der Waals surface area contributed by atoms with Crippen LogP contribution in [-0.2, 0) is 16.0 Å². The fourth-order valence-corrected chi connectivity index (χ4v) is 4.94. The molecule has 0 fully saturated rings. The lowest BCUT2D eigenvalue weighted by Gasteiger charge is -2.22. The summed E-state index contributed by atoms with van der Waals surface area (Å²) in [6.45, 7) is -0.373. The van der Waals surface area contributed by atoms with Crippen molar-refractivity contribution in [2.24, 2.45) is 0 Å². The summed E-state index contributed by atoms with van der Waals surface area (Å²) in [5.41, 5.74) is 4.55. The molecule has 0 bridgehead atoms. The van der Waals surface area contributed by atoms with E-state index in [0.717, 1.165) is 45.7 Å². The zero-order valence-corrected chi connectivity index (χ0v) is 20.1. The van der Waals surface area contributed by atoms with Gasteiger partial charge in [-0.25, -0.2) is 9.78 Å². The molecule has 4 aromatic rings. The van der Waals surface area contributed by atoms with Crippen molar-refractivity contribution >= 4 is 51.9 Å². The number of benzene rings is 2. The fraction of sp³-hybridized carbons (Fsp3) is 0.179. The van der Waals surface area contributed by atoms with E-state index in [1.807, 2.05) is 73.0 Å². The minimum absolute atomic E-state index is 0.373. The molecule has 7 heteroatoms. The first-order valence-corrected chi connectivity index (χ1v) is 12.6. The Morgan fingerprint density at radius 1 is 1.09 bits per heavy atom. The first-order valence-electron chi connectivity index (χ1n) is 11.4. The summed E-state index contributed by atoms with van der Waals surface area (Å²) >= 11 is 1.54. The van der Waals surface area contributed by atoms with Crippen molar-refractivity contribution in [3.63, 3.8) is 0 Å². The Labute approximate surface area is 207 Å². The van der Waals surface area contributed by atoms with Gasteiger partial charge in [0.1, 0.15) is 5.76 Å². The number of ether oxygens (including phenoxy) is 1. The highest BCUT2D eigenvalue weighted by Gasteiger charge is 2.26. The third-order valence-electron chi connectivity index (χ3n) is 5.95. The van der Waals surface area contributed by atoms with Gasteiger partial charge >= 0.3 is 5.97 Å². The van der Waals surface area contributed by atoms with Crippen LogP contribution < -0.4 is 5.32 Å². The van der Waals surface area contributed by atoms with Crippen LogP contribution in [0.2, 0.25) is 0 Å². The molecule has 2 aromatic heterocycles. The summed E-state index contributed by atoms with van der Waals surface area (Å²) in [6.07, 6.45) is 7.98. The minimum atomic E-state index is -0.521. The van der Waals surface area contributed by atoms with Crippen LogP contribution in [0.1, 0.15) is 40.2 Å². The highest BCUT2D eigenvalue weighted by Crippen LogP contribution is 2.36. The number of carbonyl (C=O) groups is 2. The Morgan fingerprint density at radius 3 is 2.74 bits per heavy atom. The molecule has 1 aliphatic carbocycles. The second kappa shape index (κ2) is 10.2. The van der Waals surface area contributed by atoms with Crippen molar-refractivity contribution in [2.45, 2.75) is 24.2 Å². The van der Waals surface area contributed by atoms with Gasteiger partial charge in [-0.2, -0.15) is 0 Å². The Kier molecular flexibility index (Phi) is 6.68. The third-order valence-corrected chi connectivity index (χ3v) is 6.75. The second-order valence-corrected chi connectivity index (χ2v) is 9.04. The first-order chi connectivity index (χ1) is 17.1. The van der Waals surface area contributed by atoms with Crippen LogP contribution in [0.25, 0.3) is 22.6 Å². The standard InChI is InChI=1S/C28H24N2O4S/c1-35-24-14-5-4-13-23(24)29-25(31)17-34-28(32)26-20-10-2-3-12-22(20)30-27-18(8-6-11-21(26)27)16-19-9-7-15-33-19/h2-5,7,9-10,12-16H,6,8,11,17H2,1H3,(H,29,31)/b18-16-. The lowest BCUT2D eigenvalue weighted by molar-refractivity contribution is -0.119. The van der Waals surface area contributed by atoms with E-state index >= 15 is 0 Å². The molecule has 0 atom stereocenters. The van der Waals surface area contributed by atoms with Gasteiger partial charge in [0, 0.05) is 10.3 Å². The highest BCUT2D eigenvalue weighted by atomic mass is 32.2. The van der Waals surface area contributed by atoms with Crippen molar-refractivity contribution in [1.82, 2.24) is 4.98 Å². The topological polar surface area (TPSA) is 81.4 Å². The van der Waals surface area contributed by atoms with Gasteiger partial charge in [0.05, 0.1) is 28.7 Å². The number of anilines is 1. The van der Waals surface area contributed by atoms with Gasteiger partial charge in [0.2, 0.25) is 0 Å². The van der Waals surface area contributed by atoms with Gasteiger partial charge in [-0.15, -0.1) is 11.8 Å². The van der Waals surface area contributed by atoms with Crippen LogP contribution >= 0.6 is 11.8 Å². The zero-order valence-electron chi connectivity index (χ0n) is 19.2. The predicted molar refractivity (Wildman–Crippen MR) is 138 cm³/mol. The number of nitrogens with one attached hydrogen (secondary N) is 1. The number of hydrogen-bond donors (Lipinski definition) is 1. The number of para-hydroxylation sites is 2. The first kappa shape index (κ1) is 22.9. The average molecular weight is 485 g/mol. The number of furan rings is 1. The number of esters is 1. The Hall–Kier alpha value is -3.84. The number of allylic oxidation sites excluding steroid dienone is 1. The quantitative estimate of drug-likeness (QED) is 0.258. The molecule has 176 valence electrons. The zero-order chi connectivity index (χ0) is 24.2. The summed E-state index contributed by atoms with van der Waals surface area (Å²) in [6, 6.07) is 18.8. The van der Waals surface area contributed by atoms with Crippen LogP contribution in [0.5, 0.6) is 0 Å². The van der Waals surface area contributed by atoms with E-state index in [2.05, 4.69) is 5.32 Å². The largest absolute Gasteiger partial charge is 0.465 e. The molecule has 1 N–H and O–H groups in total. The molecule has 2 heterocycles. The average Bonchev–Trinajstić information content (AvgIpc) is 3.40. The summed E-state index contributed by atoms with van der Waals surface area (Å²) < 4.78 is 11.0. The molecule has 35 heavy (non-hydrogen) atoms. The van der Waals surface area contributed by atoms with E-state index in [0.29, 0.717) is 23.2 Å². The molecule has 0 aliphatic heterocycles. The van der Waals surface area contributed by atoms with Crippen LogP contribution in [0.4, 0.5) is 5.69 Å². The van der Waals surface area contributed by atoms with Gasteiger partial charge in [-0.1, -0.05) is 30.3 Å². The Bertz CT molecular complexity index is 1430. The minimum Gasteiger partial charge on any atom is -0.465 e. The molecule has 6 nitrogen and oxygen atoms in total. The normalized spacial score (nSPS) is 14.0. The maximum atomic E-state index is 13.4. The Balaban J connectivity index is 1.44. The van der Waals surface area contributed by atoms with Gasteiger partial charge < -0.3 is 14.5 Å². The molecule has 0 spiro atoms. The van der Waals surface area contributed by atoms with Crippen molar-refractivity contribution in [1.29, 1.82) is 0 Å². The molecule has 2 aromatic carbocycles. The molecule has 0 unspecified atom stereocenters. The van der Waals surface area contributed by atoms with Gasteiger partial charge in [-0.05, 0) is 73.1 Å². The molecular formula is C28H24N2O4S. The van der Waals surface area contributed by atoms with E-state index in [-0.39, 0.29) is 12.5 Å². The van der Waals surface area contributed by atoms with Crippen LogP contribution in [0.3, 0.4) is 0 Å². The van der Waals surface area contributed by atoms with E-state index in [4.69, 9.17) is 14.1 Å². The number of amides is 1. The predicted octanol–water partition coefficient (Wildman–Crippen LogP) is 6.22. The molecule has 5 rings (SSSR count). The Morgan fingerprint density at radius 2 is 1.91 bits per heavy atom. The van der Waals surface area contributed by atoms with Crippen molar-refractivity contribution < 1.29 is 18.7 Å². The van der Waals surface area contributed by atoms with E-state index < -0.39 is 5.97 Å². The lowest BCUT2D eigenvalue weighted by Crippen LogP contribution is -2.22. The molecule has 1 aliphatic rings.